The van der Waals surface area contributed by atoms with Gasteiger partial charge >= 0.3 is 0 Å². The van der Waals surface area contributed by atoms with E-state index in [1.54, 1.807) is 6.92 Å². The Labute approximate surface area is 105 Å². The molecule has 5 nitrogen and oxygen atoms in total. The maximum atomic E-state index is 11.7. The van der Waals surface area contributed by atoms with Crippen LogP contribution in [0, 0.1) is 0 Å². The fraction of sp³-hybridized carbons (Fsp3) is 0.200. The van der Waals surface area contributed by atoms with Crippen LogP contribution in [0.1, 0.15) is 13.8 Å². The van der Waals surface area contributed by atoms with Crippen LogP contribution in [0.4, 0.5) is 0 Å². The molecule has 1 heterocycles. The minimum absolute atomic E-state index is 0.251. The second kappa shape index (κ2) is 5.29. The van der Waals surface area contributed by atoms with Crippen molar-refractivity contribution >= 4 is 27.5 Å². The van der Waals surface area contributed by atoms with Crippen LogP contribution in [0.15, 0.2) is 35.0 Å². The van der Waals surface area contributed by atoms with Crippen molar-refractivity contribution < 1.29 is 13.2 Å². The maximum absolute atomic E-state index is 11.7. The molecule has 1 amide bonds. The van der Waals surface area contributed by atoms with E-state index in [9.17, 15) is 13.2 Å². The van der Waals surface area contributed by atoms with E-state index in [0.29, 0.717) is 10.6 Å². The van der Waals surface area contributed by atoms with Crippen LogP contribution in [0.25, 0.3) is 0 Å². The van der Waals surface area contributed by atoms with Crippen molar-refractivity contribution in [2.75, 3.05) is 0 Å². The molecule has 0 aliphatic carbocycles. The molecule has 0 fully saturated rings. The van der Waals surface area contributed by atoms with E-state index in [1.807, 2.05) is 4.72 Å². The van der Waals surface area contributed by atoms with Crippen LogP contribution < -0.4 is 4.72 Å². The van der Waals surface area contributed by atoms with Crippen LogP contribution in [0.3, 0.4) is 0 Å². The van der Waals surface area contributed by atoms with Crippen molar-refractivity contribution in [3.8, 4) is 0 Å². The Morgan fingerprint density at radius 3 is 2.59 bits per heavy atom. The van der Waals surface area contributed by atoms with Crippen molar-refractivity contribution in [3.63, 3.8) is 0 Å². The van der Waals surface area contributed by atoms with E-state index in [4.69, 9.17) is 11.6 Å². The number of carbonyl (C=O) groups is 1. The molecule has 0 aromatic carbocycles. The van der Waals surface area contributed by atoms with Gasteiger partial charge in [0.25, 0.3) is 15.9 Å². The van der Waals surface area contributed by atoms with Crippen molar-refractivity contribution in [1.82, 2.24) is 9.71 Å². The highest BCUT2D eigenvalue weighted by Gasteiger charge is 2.19. The highest BCUT2D eigenvalue weighted by atomic mass is 35.5. The van der Waals surface area contributed by atoms with Crippen LogP contribution in [0.5, 0.6) is 0 Å². The molecule has 1 N–H and O–H groups in total. The van der Waals surface area contributed by atoms with Gasteiger partial charge in [0.1, 0.15) is 0 Å². The second-order valence-corrected chi connectivity index (χ2v) is 5.29. The van der Waals surface area contributed by atoms with Crippen LogP contribution in [-0.4, -0.2) is 19.3 Å². The largest absolute Gasteiger partial charge is 0.281 e. The van der Waals surface area contributed by atoms with Crippen molar-refractivity contribution in [1.29, 1.82) is 0 Å². The SMILES string of the molecule is C/C=C(/C)C(=O)NS(=O)(=O)c1ccc(Cl)cn1. The summed E-state index contributed by atoms with van der Waals surface area (Å²) < 4.78 is 25.3. The van der Waals surface area contributed by atoms with Gasteiger partial charge in [-0.1, -0.05) is 17.7 Å². The molecule has 0 radical (unpaired) electrons. The number of nitrogens with zero attached hydrogens (tertiary/aromatic N) is 1. The lowest BCUT2D eigenvalue weighted by Crippen LogP contribution is -2.31. The molecule has 0 atom stereocenters. The number of rotatable bonds is 3. The normalized spacial score (nSPS) is 12.3. The third kappa shape index (κ3) is 3.54. The van der Waals surface area contributed by atoms with Crippen LogP contribution in [-0.2, 0) is 14.8 Å². The highest BCUT2D eigenvalue weighted by molar-refractivity contribution is 7.90. The zero-order chi connectivity index (χ0) is 13.1. The molecule has 1 aromatic rings. The quantitative estimate of drug-likeness (QED) is 0.848. The third-order valence-electron chi connectivity index (χ3n) is 1.99. The lowest BCUT2D eigenvalue weighted by Gasteiger charge is -2.05. The number of pyridine rings is 1. The van der Waals surface area contributed by atoms with Gasteiger partial charge in [0.15, 0.2) is 5.03 Å². The predicted molar refractivity (Wildman–Crippen MR) is 64.0 cm³/mol. The standard InChI is InChI=1S/C10H11ClN2O3S/c1-3-7(2)10(14)13-17(15,16)9-5-4-8(11)6-12-9/h3-6H,1-2H3,(H,13,14)/b7-3-. The molecule has 0 spiro atoms. The average Bonchev–Trinajstić information content (AvgIpc) is 2.27. The first-order valence-electron chi connectivity index (χ1n) is 4.68. The molecule has 0 unspecified atom stereocenters. The van der Waals surface area contributed by atoms with E-state index in [0.717, 1.165) is 0 Å². The number of hydrogen-bond acceptors (Lipinski definition) is 4. The van der Waals surface area contributed by atoms with Gasteiger partial charge in [0.05, 0.1) is 5.02 Å². The predicted octanol–water partition coefficient (Wildman–Crippen LogP) is 1.51. The number of hydrogen-bond donors (Lipinski definition) is 1. The Balaban J connectivity index is 2.97. The summed E-state index contributed by atoms with van der Waals surface area (Å²) in [5, 5.41) is 0.0686. The summed E-state index contributed by atoms with van der Waals surface area (Å²) in [5.41, 5.74) is 0.308. The zero-order valence-corrected chi connectivity index (χ0v) is 10.8. The number of sulfonamides is 1. The van der Waals surface area contributed by atoms with Gasteiger partial charge in [-0.2, -0.15) is 8.42 Å². The maximum Gasteiger partial charge on any atom is 0.281 e. The summed E-state index contributed by atoms with van der Waals surface area (Å²) in [5.74, 6) is -0.677. The van der Waals surface area contributed by atoms with E-state index in [-0.39, 0.29) is 5.03 Å². The number of carbonyl (C=O) groups excluding carboxylic acids is 1. The molecular weight excluding hydrogens is 264 g/mol. The summed E-state index contributed by atoms with van der Waals surface area (Å²) in [7, 11) is -3.94. The molecule has 17 heavy (non-hydrogen) atoms. The number of nitrogens with one attached hydrogen (secondary N) is 1. The Morgan fingerprint density at radius 1 is 1.47 bits per heavy atom. The monoisotopic (exact) mass is 274 g/mol. The Bertz CT molecular complexity index is 549. The van der Waals surface area contributed by atoms with E-state index < -0.39 is 15.9 Å². The fourth-order valence-electron chi connectivity index (χ4n) is 0.907. The average molecular weight is 275 g/mol. The highest BCUT2D eigenvalue weighted by Crippen LogP contribution is 2.10. The Morgan fingerprint density at radius 2 is 2.12 bits per heavy atom. The van der Waals surface area contributed by atoms with E-state index in [2.05, 4.69) is 4.98 Å². The lowest BCUT2D eigenvalue weighted by molar-refractivity contribution is -0.115. The van der Waals surface area contributed by atoms with Gasteiger partial charge in [-0.3, -0.25) is 4.79 Å². The molecule has 1 aromatic heterocycles. The Kier molecular flexibility index (Phi) is 4.25. The fourth-order valence-corrected chi connectivity index (χ4v) is 1.97. The van der Waals surface area contributed by atoms with Crippen molar-refractivity contribution in [2.45, 2.75) is 18.9 Å². The summed E-state index contributed by atoms with van der Waals surface area (Å²) in [4.78, 5) is 15.1. The van der Waals surface area contributed by atoms with Gasteiger partial charge in [-0.25, -0.2) is 9.71 Å². The summed E-state index contributed by atoms with van der Waals surface area (Å²) in [6.07, 6.45) is 2.71. The van der Waals surface area contributed by atoms with Crippen LogP contribution in [0.2, 0.25) is 5.02 Å². The van der Waals surface area contributed by atoms with E-state index >= 15 is 0 Å². The Hall–Kier alpha value is -1.40. The number of halogens is 1. The van der Waals surface area contributed by atoms with Crippen molar-refractivity contribution in [3.05, 3.63) is 35.0 Å². The van der Waals surface area contributed by atoms with Crippen LogP contribution >= 0.6 is 11.6 Å². The van der Waals surface area contributed by atoms with Gasteiger partial charge in [0.2, 0.25) is 0 Å². The summed E-state index contributed by atoms with van der Waals surface area (Å²) >= 11 is 5.59. The minimum atomic E-state index is -3.94. The first kappa shape index (κ1) is 13.7. The molecule has 7 heteroatoms. The van der Waals surface area contributed by atoms with Gasteiger partial charge < -0.3 is 0 Å². The smallest absolute Gasteiger partial charge is 0.269 e. The third-order valence-corrected chi connectivity index (χ3v) is 3.46. The first-order chi connectivity index (χ1) is 7.86. The minimum Gasteiger partial charge on any atom is -0.269 e. The molecule has 92 valence electrons. The van der Waals surface area contributed by atoms with Gasteiger partial charge in [-0.15, -0.1) is 0 Å². The number of aromatic nitrogens is 1. The molecule has 1 rings (SSSR count). The van der Waals surface area contributed by atoms with Gasteiger partial charge in [-0.05, 0) is 26.0 Å². The van der Waals surface area contributed by atoms with Crippen molar-refractivity contribution in [2.24, 2.45) is 0 Å². The lowest BCUT2D eigenvalue weighted by atomic mass is 10.3. The number of allylic oxidation sites excluding steroid dienone is 1. The molecule has 0 saturated carbocycles. The first-order valence-corrected chi connectivity index (χ1v) is 6.54. The molecule has 0 bridgehead atoms. The topological polar surface area (TPSA) is 76.1 Å². The zero-order valence-electron chi connectivity index (χ0n) is 9.27. The summed E-state index contributed by atoms with van der Waals surface area (Å²) in [6.45, 7) is 3.15. The molecule has 0 aliphatic heterocycles. The van der Waals surface area contributed by atoms with E-state index in [1.165, 1.54) is 31.3 Å². The molecule has 0 aliphatic rings. The number of amides is 1. The molecular formula is C10H11ClN2O3S. The van der Waals surface area contributed by atoms with Gasteiger partial charge in [0, 0.05) is 11.8 Å². The summed E-state index contributed by atoms with van der Waals surface area (Å²) in [6, 6.07) is 2.61. The second-order valence-electron chi connectivity index (χ2n) is 3.22. The molecule has 0 saturated heterocycles.